The van der Waals surface area contributed by atoms with Crippen molar-refractivity contribution in [1.82, 2.24) is 5.32 Å². The molecule has 27 heavy (non-hydrogen) atoms. The lowest BCUT2D eigenvalue weighted by molar-refractivity contribution is 0.0936. The Morgan fingerprint density at radius 1 is 0.815 bits per heavy atom. The van der Waals surface area contributed by atoms with E-state index in [0.717, 1.165) is 11.1 Å². The van der Waals surface area contributed by atoms with Gasteiger partial charge < -0.3 is 14.8 Å². The first-order valence-electron chi connectivity index (χ1n) is 8.46. The van der Waals surface area contributed by atoms with Gasteiger partial charge in [-0.2, -0.15) is 0 Å². The molecule has 0 aliphatic rings. The van der Waals surface area contributed by atoms with E-state index in [-0.39, 0.29) is 11.9 Å². The third-order valence-electron chi connectivity index (χ3n) is 4.27. The van der Waals surface area contributed by atoms with Crippen LogP contribution in [0.25, 0.3) is 0 Å². The van der Waals surface area contributed by atoms with Crippen LogP contribution in [0.15, 0.2) is 72.8 Å². The summed E-state index contributed by atoms with van der Waals surface area (Å²) >= 11 is 6.02. The molecule has 5 heteroatoms. The predicted octanol–water partition coefficient (Wildman–Crippen LogP) is 4.88. The summed E-state index contributed by atoms with van der Waals surface area (Å²) in [6.45, 7) is 0. The monoisotopic (exact) mass is 381 g/mol. The largest absolute Gasteiger partial charge is 0.496 e. The zero-order valence-corrected chi connectivity index (χ0v) is 15.9. The van der Waals surface area contributed by atoms with E-state index >= 15 is 0 Å². The van der Waals surface area contributed by atoms with Crippen molar-refractivity contribution in [3.8, 4) is 11.5 Å². The van der Waals surface area contributed by atoms with Gasteiger partial charge in [0.05, 0.1) is 20.3 Å². The van der Waals surface area contributed by atoms with Crippen molar-refractivity contribution in [2.45, 2.75) is 6.04 Å². The normalized spacial score (nSPS) is 11.5. The van der Waals surface area contributed by atoms with Gasteiger partial charge in [-0.3, -0.25) is 4.79 Å². The van der Waals surface area contributed by atoms with Crippen LogP contribution in [0.2, 0.25) is 5.02 Å². The third kappa shape index (κ3) is 4.23. The number of hydrogen-bond acceptors (Lipinski definition) is 3. The molecule has 0 aromatic heterocycles. The highest BCUT2D eigenvalue weighted by molar-refractivity contribution is 6.30. The molecule has 138 valence electrons. The highest BCUT2D eigenvalue weighted by Crippen LogP contribution is 2.30. The van der Waals surface area contributed by atoms with Gasteiger partial charge >= 0.3 is 0 Å². The highest BCUT2D eigenvalue weighted by atomic mass is 35.5. The minimum Gasteiger partial charge on any atom is -0.496 e. The Bertz CT molecular complexity index is 888. The maximum atomic E-state index is 13.1. The number of nitrogens with one attached hydrogen (secondary N) is 1. The minimum absolute atomic E-state index is 0.284. The molecular formula is C22H20ClNO3. The van der Waals surface area contributed by atoms with Crippen molar-refractivity contribution in [3.05, 3.63) is 94.5 Å². The summed E-state index contributed by atoms with van der Waals surface area (Å²) in [6, 6.07) is 22.1. The van der Waals surface area contributed by atoms with Crippen molar-refractivity contribution in [1.29, 1.82) is 0 Å². The summed E-state index contributed by atoms with van der Waals surface area (Å²) in [5.41, 5.74) is 2.24. The fourth-order valence-corrected chi connectivity index (χ4v) is 3.06. The number of hydrogen-bond donors (Lipinski definition) is 1. The molecule has 0 radical (unpaired) electrons. The second-order valence-corrected chi connectivity index (χ2v) is 6.34. The SMILES string of the molecule is COc1cccc(OC)c1C(=O)N[C@@H](c1ccccc1)c1ccc(Cl)cc1. The predicted molar refractivity (Wildman–Crippen MR) is 107 cm³/mol. The van der Waals surface area contributed by atoms with Gasteiger partial charge in [0.15, 0.2) is 0 Å². The molecule has 0 saturated carbocycles. The van der Waals surface area contributed by atoms with Crippen LogP contribution in [-0.4, -0.2) is 20.1 Å². The smallest absolute Gasteiger partial charge is 0.259 e. The number of ether oxygens (including phenoxy) is 2. The van der Waals surface area contributed by atoms with Gasteiger partial charge in [0.1, 0.15) is 17.1 Å². The Hall–Kier alpha value is -2.98. The minimum atomic E-state index is -0.342. The molecule has 4 nitrogen and oxygen atoms in total. The molecule has 0 saturated heterocycles. The first-order valence-corrected chi connectivity index (χ1v) is 8.84. The van der Waals surface area contributed by atoms with Crippen molar-refractivity contribution < 1.29 is 14.3 Å². The molecule has 0 bridgehead atoms. The van der Waals surface area contributed by atoms with Gasteiger partial charge in [-0.25, -0.2) is 0 Å². The van der Waals surface area contributed by atoms with Crippen LogP contribution in [0.5, 0.6) is 11.5 Å². The summed E-state index contributed by atoms with van der Waals surface area (Å²) < 4.78 is 10.7. The quantitative estimate of drug-likeness (QED) is 0.662. The fraction of sp³-hybridized carbons (Fsp3) is 0.136. The van der Waals surface area contributed by atoms with Gasteiger partial charge in [-0.15, -0.1) is 0 Å². The van der Waals surface area contributed by atoms with E-state index in [1.807, 2.05) is 54.6 Å². The van der Waals surface area contributed by atoms with Gasteiger partial charge in [-0.05, 0) is 35.4 Å². The second-order valence-electron chi connectivity index (χ2n) is 5.91. The molecule has 0 aliphatic carbocycles. The van der Waals surface area contributed by atoms with E-state index in [4.69, 9.17) is 21.1 Å². The number of carbonyl (C=O) groups excluding carboxylic acids is 1. The average molecular weight is 382 g/mol. The molecule has 1 amide bonds. The van der Waals surface area contributed by atoms with Crippen molar-refractivity contribution in [3.63, 3.8) is 0 Å². The van der Waals surface area contributed by atoms with E-state index < -0.39 is 0 Å². The van der Waals surface area contributed by atoms with Crippen molar-refractivity contribution >= 4 is 17.5 Å². The zero-order valence-electron chi connectivity index (χ0n) is 15.1. The number of amides is 1. The maximum absolute atomic E-state index is 13.1. The lowest BCUT2D eigenvalue weighted by Gasteiger charge is -2.21. The van der Waals surface area contributed by atoms with Crippen molar-refractivity contribution in [2.75, 3.05) is 14.2 Å². The van der Waals surface area contributed by atoms with Crippen LogP contribution in [0.3, 0.4) is 0 Å². The summed E-state index contributed by atoms with van der Waals surface area (Å²) in [7, 11) is 3.05. The molecule has 0 heterocycles. The molecule has 1 N–H and O–H groups in total. The Morgan fingerprint density at radius 3 is 1.93 bits per heavy atom. The van der Waals surface area contributed by atoms with E-state index in [1.54, 1.807) is 18.2 Å². The van der Waals surface area contributed by atoms with E-state index in [9.17, 15) is 4.79 Å². The average Bonchev–Trinajstić information content (AvgIpc) is 2.72. The molecule has 1 atom stereocenters. The Morgan fingerprint density at radius 2 is 1.37 bits per heavy atom. The van der Waals surface area contributed by atoms with Gasteiger partial charge in [0.2, 0.25) is 0 Å². The Labute approximate surface area is 163 Å². The summed E-state index contributed by atoms with van der Waals surface area (Å²) in [6.07, 6.45) is 0. The number of carbonyl (C=O) groups is 1. The molecule has 0 aliphatic heterocycles. The summed E-state index contributed by atoms with van der Waals surface area (Å²) in [5.74, 6) is 0.623. The second kappa shape index (κ2) is 8.60. The Balaban J connectivity index is 2.00. The van der Waals surface area contributed by atoms with E-state index in [0.29, 0.717) is 22.1 Å². The highest BCUT2D eigenvalue weighted by Gasteiger charge is 2.23. The molecule has 0 unspecified atom stereocenters. The Kier molecular flexibility index (Phi) is 5.99. The van der Waals surface area contributed by atoms with E-state index in [1.165, 1.54) is 14.2 Å². The van der Waals surface area contributed by atoms with Crippen LogP contribution in [0.4, 0.5) is 0 Å². The number of halogens is 1. The molecule has 3 aromatic carbocycles. The third-order valence-corrected chi connectivity index (χ3v) is 4.52. The molecule has 3 aromatic rings. The number of methoxy groups -OCH3 is 2. The van der Waals surface area contributed by atoms with Crippen LogP contribution >= 0.6 is 11.6 Å². The van der Waals surface area contributed by atoms with Crippen molar-refractivity contribution in [2.24, 2.45) is 0 Å². The zero-order chi connectivity index (χ0) is 19.2. The van der Waals surface area contributed by atoms with Gasteiger partial charge in [-0.1, -0.05) is 60.1 Å². The van der Waals surface area contributed by atoms with Crippen LogP contribution in [0.1, 0.15) is 27.5 Å². The van der Waals surface area contributed by atoms with Crippen LogP contribution in [0, 0.1) is 0 Å². The summed E-state index contributed by atoms with van der Waals surface area (Å²) in [4.78, 5) is 13.1. The lowest BCUT2D eigenvalue weighted by atomic mass is 9.98. The van der Waals surface area contributed by atoms with Crippen LogP contribution < -0.4 is 14.8 Å². The van der Waals surface area contributed by atoms with Crippen LogP contribution in [-0.2, 0) is 0 Å². The maximum Gasteiger partial charge on any atom is 0.259 e. The first kappa shape index (κ1) is 18.8. The fourth-order valence-electron chi connectivity index (χ4n) is 2.94. The lowest BCUT2D eigenvalue weighted by Crippen LogP contribution is -2.30. The van der Waals surface area contributed by atoms with Gasteiger partial charge in [0, 0.05) is 5.02 Å². The van der Waals surface area contributed by atoms with E-state index in [2.05, 4.69) is 5.32 Å². The number of benzene rings is 3. The summed E-state index contributed by atoms with van der Waals surface area (Å²) in [5, 5.41) is 3.73. The molecular weight excluding hydrogens is 362 g/mol. The number of rotatable bonds is 6. The molecule has 0 fully saturated rings. The topological polar surface area (TPSA) is 47.6 Å². The first-order chi connectivity index (χ1) is 13.1. The molecule has 3 rings (SSSR count). The standard InChI is InChI=1S/C22H20ClNO3/c1-26-18-9-6-10-19(27-2)20(18)22(25)24-21(15-7-4-3-5-8-15)16-11-13-17(23)14-12-16/h3-14,21H,1-2H3,(H,24,25)/t21-/m0/s1. The van der Waals surface area contributed by atoms with Gasteiger partial charge in [0.25, 0.3) is 5.91 Å². The molecule has 0 spiro atoms.